The van der Waals surface area contributed by atoms with Crippen LogP contribution in [-0.4, -0.2) is 96.4 Å². The van der Waals surface area contributed by atoms with Gasteiger partial charge in [0.2, 0.25) is 5.91 Å². The van der Waals surface area contributed by atoms with Crippen LogP contribution in [0.2, 0.25) is 5.02 Å². The number of aryl methyl sites for hydroxylation is 1. The number of amides is 2. The van der Waals surface area contributed by atoms with Gasteiger partial charge in [0.1, 0.15) is 5.69 Å². The molecule has 1 aromatic heterocycles. The van der Waals surface area contributed by atoms with E-state index in [-0.39, 0.29) is 54.8 Å². The summed E-state index contributed by atoms with van der Waals surface area (Å²) in [5.74, 6) is -4.29. The van der Waals surface area contributed by atoms with Crippen molar-refractivity contribution in [2.45, 2.75) is 18.9 Å². The number of nitrogens with one attached hydrogen (secondary N) is 1. The second-order valence-electron chi connectivity index (χ2n) is 8.38. The molecule has 11 heteroatoms. The van der Waals surface area contributed by atoms with Crippen LogP contribution < -0.4 is 0 Å². The summed E-state index contributed by atoms with van der Waals surface area (Å²) in [6.07, 6.45) is 0. The highest BCUT2D eigenvalue weighted by Gasteiger charge is 2.45. The van der Waals surface area contributed by atoms with Crippen molar-refractivity contribution in [2.75, 3.05) is 53.0 Å². The van der Waals surface area contributed by atoms with Crippen LogP contribution in [0.15, 0.2) is 12.1 Å². The minimum absolute atomic E-state index is 0.0995. The molecule has 2 aliphatic heterocycles. The summed E-state index contributed by atoms with van der Waals surface area (Å²) in [6, 6.07) is 2.89. The molecule has 1 unspecified atom stereocenters. The van der Waals surface area contributed by atoms with Crippen LogP contribution in [0.1, 0.15) is 16.1 Å². The van der Waals surface area contributed by atoms with Crippen LogP contribution >= 0.6 is 11.6 Å². The molecule has 4 rings (SSSR count). The van der Waals surface area contributed by atoms with Crippen molar-refractivity contribution >= 4 is 34.3 Å². The molecule has 2 saturated heterocycles. The first kappa shape index (κ1) is 22.9. The van der Waals surface area contributed by atoms with E-state index in [1.54, 1.807) is 19.1 Å². The van der Waals surface area contributed by atoms with Crippen molar-refractivity contribution in [3.63, 3.8) is 0 Å². The molecule has 0 spiro atoms. The molecular formula is C21H24ClF3N4O3. The Balaban J connectivity index is 1.50. The zero-order chi connectivity index (χ0) is 23.2. The number of carbonyl (C=O) groups excluding carboxylic acids is 2. The number of halogens is 4. The van der Waals surface area contributed by atoms with Gasteiger partial charge in [-0.25, -0.2) is 13.2 Å². The molecule has 2 fully saturated rings. The number of aromatic nitrogens is 1. The number of alkyl halides is 2. The summed E-state index contributed by atoms with van der Waals surface area (Å²) in [6.45, 7) is 1.48. The second kappa shape index (κ2) is 8.57. The van der Waals surface area contributed by atoms with E-state index in [9.17, 15) is 18.4 Å². The summed E-state index contributed by atoms with van der Waals surface area (Å²) >= 11 is 6.24. The van der Waals surface area contributed by atoms with Crippen molar-refractivity contribution in [1.29, 1.82) is 0 Å². The standard InChI is InChI=1S/C21H24ClF3N4O3/c1-12-3-4-14-16(17(12)22)18(23)19(26-14)20(31)29-6-5-28(7-13(29)9-32-2)15(30)8-27-10-21(24,25)11-27/h3-4,13,26H,5-11H2,1-2H3. The highest BCUT2D eigenvalue weighted by atomic mass is 35.5. The van der Waals surface area contributed by atoms with E-state index < -0.39 is 36.8 Å². The Morgan fingerprint density at radius 3 is 2.66 bits per heavy atom. The van der Waals surface area contributed by atoms with E-state index in [4.69, 9.17) is 16.3 Å². The lowest BCUT2D eigenvalue weighted by molar-refractivity contribution is -0.152. The van der Waals surface area contributed by atoms with Crippen LogP contribution in [0, 0.1) is 12.7 Å². The number of carbonyl (C=O) groups is 2. The summed E-state index contributed by atoms with van der Waals surface area (Å²) in [5, 5.41) is 0.411. The molecule has 32 heavy (non-hydrogen) atoms. The average Bonchev–Trinajstić information content (AvgIpc) is 3.06. The molecule has 0 bridgehead atoms. The fourth-order valence-electron chi connectivity index (χ4n) is 4.30. The van der Waals surface area contributed by atoms with Gasteiger partial charge in [0.15, 0.2) is 5.82 Å². The predicted molar refractivity (Wildman–Crippen MR) is 113 cm³/mol. The number of fused-ring (bicyclic) bond motifs is 1. The van der Waals surface area contributed by atoms with Crippen molar-refractivity contribution in [1.82, 2.24) is 19.7 Å². The number of benzene rings is 1. The molecule has 0 radical (unpaired) electrons. The summed E-state index contributed by atoms with van der Waals surface area (Å²) in [5.41, 5.74) is 0.918. The highest BCUT2D eigenvalue weighted by Crippen LogP contribution is 2.32. The van der Waals surface area contributed by atoms with Crippen molar-refractivity contribution in [2.24, 2.45) is 0 Å². The Hall–Kier alpha value is -2.30. The van der Waals surface area contributed by atoms with Crippen LogP contribution in [0.4, 0.5) is 13.2 Å². The summed E-state index contributed by atoms with van der Waals surface area (Å²) < 4.78 is 46.4. The van der Waals surface area contributed by atoms with Gasteiger partial charge < -0.3 is 19.5 Å². The van der Waals surface area contributed by atoms with Gasteiger partial charge in [0, 0.05) is 26.7 Å². The molecule has 1 aromatic carbocycles. The molecule has 1 atom stereocenters. The van der Waals surface area contributed by atoms with Gasteiger partial charge in [-0.05, 0) is 18.6 Å². The molecule has 7 nitrogen and oxygen atoms in total. The number of H-pyrrole nitrogens is 1. The Bertz CT molecular complexity index is 1050. The molecule has 2 amide bonds. The Morgan fingerprint density at radius 2 is 2.00 bits per heavy atom. The molecule has 1 N–H and O–H groups in total. The second-order valence-corrected chi connectivity index (χ2v) is 8.76. The number of hydrogen-bond acceptors (Lipinski definition) is 4. The Morgan fingerprint density at radius 1 is 1.28 bits per heavy atom. The van der Waals surface area contributed by atoms with Gasteiger partial charge in [-0.3, -0.25) is 14.5 Å². The number of aromatic amines is 1. The fraction of sp³-hybridized carbons (Fsp3) is 0.524. The molecular weight excluding hydrogens is 449 g/mol. The van der Waals surface area contributed by atoms with E-state index in [2.05, 4.69) is 4.98 Å². The third kappa shape index (κ3) is 4.18. The number of methoxy groups -OCH3 is 1. The van der Waals surface area contributed by atoms with Gasteiger partial charge >= 0.3 is 0 Å². The van der Waals surface area contributed by atoms with Crippen LogP contribution in [0.25, 0.3) is 10.9 Å². The van der Waals surface area contributed by atoms with Gasteiger partial charge in [-0.15, -0.1) is 0 Å². The SMILES string of the molecule is COCC1CN(C(=O)CN2CC(F)(F)C2)CCN1C(=O)c1[nH]c2ccc(C)c(Cl)c2c1F. The number of hydrogen-bond donors (Lipinski definition) is 1. The maximum atomic E-state index is 15.1. The Labute approximate surface area is 188 Å². The molecule has 0 aliphatic carbocycles. The smallest absolute Gasteiger partial charge is 0.273 e. The number of ether oxygens (including phenoxy) is 1. The average molecular weight is 473 g/mol. The zero-order valence-corrected chi connectivity index (χ0v) is 18.5. The lowest BCUT2D eigenvalue weighted by Crippen LogP contribution is -2.62. The normalized spacial score (nSPS) is 21.1. The molecule has 2 aliphatic rings. The quantitative estimate of drug-likeness (QED) is 0.726. The number of rotatable bonds is 5. The van der Waals surface area contributed by atoms with Crippen LogP contribution in [0.3, 0.4) is 0 Å². The zero-order valence-electron chi connectivity index (χ0n) is 17.8. The predicted octanol–water partition coefficient (Wildman–Crippen LogP) is 2.52. The lowest BCUT2D eigenvalue weighted by atomic mass is 10.1. The lowest BCUT2D eigenvalue weighted by Gasteiger charge is -2.43. The third-order valence-electron chi connectivity index (χ3n) is 5.97. The minimum atomic E-state index is -2.74. The summed E-state index contributed by atoms with van der Waals surface area (Å²) in [4.78, 5) is 33.0. The number of piperazine rings is 1. The van der Waals surface area contributed by atoms with Crippen LogP contribution in [-0.2, 0) is 9.53 Å². The fourth-order valence-corrected chi connectivity index (χ4v) is 4.55. The van der Waals surface area contributed by atoms with Crippen molar-refractivity contribution < 1.29 is 27.5 Å². The number of nitrogens with zero attached hydrogens (tertiary/aromatic N) is 3. The van der Waals surface area contributed by atoms with E-state index in [0.29, 0.717) is 11.1 Å². The molecule has 174 valence electrons. The monoisotopic (exact) mass is 472 g/mol. The first-order valence-corrected chi connectivity index (χ1v) is 10.6. The number of likely N-dealkylation sites (tertiary alicyclic amines) is 1. The third-order valence-corrected chi connectivity index (χ3v) is 6.46. The van der Waals surface area contributed by atoms with E-state index in [0.717, 1.165) is 0 Å². The van der Waals surface area contributed by atoms with Gasteiger partial charge in [0.25, 0.3) is 11.8 Å². The first-order valence-electron chi connectivity index (χ1n) is 10.3. The molecule has 3 heterocycles. The largest absolute Gasteiger partial charge is 0.382 e. The van der Waals surface area contributed by atoms with Crippen molar-refractivity contribution in [3.05, 3.63) is 34.2 Å². The summed E-state index contributed by atoms with van der Waals surface area (Å²) in [7, 11) is 1.47. The maximum absolute atomic E-state index is 15.1. The van der Waals surface area contributed by atoms with Crippen LogP contribution in [0.5, 0.6) is 0 Å². The minimum Gasteiger partial charge on any atom is -0.382 e. The molecule has 0 saturated carbocycles. The van der Waals surface area contributed by atoms with E-state index in [1.165, 1.54) is 21.8 Å². The first-order chi connectivity index (χ1) is 15.1. The van der Waals surface area contributed by atoms with Gasteiger partial charge in [0.05, 0.1) is 48.2 Å². The maximum Gasteiger partial charge on any atom is 0.273 e. The van der Waals surface area contributed by atoms with E-state index >= 15 is 4.39 Å². The molecule has 2 aromatic rings. The highest BCUT2D eigenvalue weighted by molar-refractivity contribution is 6.36. The topological polar surface area (TPSA) is 68.9 Å². The van der Waals surface area contributed by atoms with Gasteiger partial charge in [-0.1, -0.05) is 17.7 Å². The van der Waals surface area contributed by atoms with Crippen molar-refractivity contribution in [3.8, 4) is 0 Å². The Kier molecular flexibility index (Phi) is 6.12. The van der Waals surface area contributed by atoms with E-state index in [1.807, 2.05) is 0 Å². The van der Waals surface area contributed by atoms with Gasteiger partial charge in [-0.2, -0.15) is 0 Å².